The standard InChI is InChI=1S/C11H10BrNO5/c1-6-3-8(12)4-9(13(16)17)10(6)18-5-7(2)11(14)15/h3-4H,2,5H2,1H3,(H,14,15). The first-order valence-corrected chi connectivity index (χ1v) is 5.60. The van der Waals surface area contributed by atoms with Crippen molar-refractivity contribution in [1.82, 2.24) is 0 Å². The van der Waals surface area contributed by atoms with Crippen LogP contribution in [0.25, 0.3) is 0 Å². The molecule has 1 aromatic carbocycles. The number of aryl methyl sites for hydroxylation is 1. The molecule has 0 spiro atoms. The second kappa shape index (κ2) is 5.63. The van der Waals surface area contributed by atoms with Crippen LogP contribution in [0.4, 0.5) is 5.69 Å². The Hall–Kier alpha value is -1.89. The summed E-state index contributed by atoms with van der Waals surface area (Å²) in [6.45, 7) is 4.62. The van der Waals surface area contributed by atoms with Gasteiger partial charge in [-0.2, -0.15) is 0 Å². The number of halogens is 1. The number of nitrogens with zero attached hydrogens (tertiary/aromatic N) is 1. The van der Waals surface area contributed by atoms with Crippen molar-refractivity contribution in [2.75, 3.05) is 6.61 Å². The average molecular weight is 316 g/mol. The van der Waals surface area contributed by atoms with Gasteiger partial charge in [-0.25, -0.2) is 4.79 Å². The minimum atomic E-state index is -1.20. The molecule has 1 N–H and O–H groups in total. The molecule has 0 amide bonds. The van der Waals surface area contributed by atoms with Crippen LogP contribution in [0.2, 0.25) is 0 Å². The van der Waals surface area contributed by atoms with E-state index in [4.69, 9.17) is 9.84 Å². The van der Waals surface area contributed by atoms with Crippen LogP contribution in [0, 0.1) is 17.0 Å². The van der Waals surface area contributed by atoms with Crippen molar-refractivity contribution < 1.29 is 19.6 Å². The molecule has 7 heteroatoms. The summed E-state index contributed by atoms with van der Waals surface area (Å²) in [4.78, 5) is 20.8. The zero-order valence-electron chi connectivity index (χ0n) is 9.47. The Morgan fingerprint density at radius 3 is 2.72 bits per heavy atom. The van der Waals surface area contributed by atoms with Crippen molar-refractivity contribution >= 4 is 27.6 Å². The van der Waals surface area contributed by atoms with Crippen LogP contribution >= 0.6 is 15.9 Å². The fourth-order valence-electron chi connectivity index (χ4n) is 1.26. The first-order chi connectivity index (χ1) is 8.32. The summed E-state index contributed by atoms with van der Waals surface area (Å²) in [5.41, 5.74) is 0.140. The predicted octanol–water partition coefficient (Wildman–Crippen LogP) is 2.69. The molecule has 0 atom stereocenters. The second-order valence-electron chi connectivity index (χ2n) is 3.53. The average Bonchev–Trinajstić information content (AvgIpc) is 2.26. The van der Waals surface area contributed by atoms with E-state index in [1.807, 2.05) is 0 Å². The molecule has 1 aromatic rings. The number of aliphatic carboxylic acids is 1. The number of hydrogen-bond donors (Lipinski definition) is 1. The number of nitro benzene ring substituents is 1. The highest BCUT2D eigenvalue weighted by Crippen LogP contribution is 2.34. The van der Waals surface area contributed by atoms with Crippen molar-refractivity contribution in [3.05, 3.63) is 44.4 Å². The molecule has 0 bridgehead atoms. The molecular formula is C11H10BrNO5. The van der Waals surface area contributed by atoms with Crippen molar-refractivity contribution in [2.45, 2.75) is 6.92 Å². The normalized spacial score (nSPS) is 9.89. The Balaban J connectivity index is 3.04. The molecular weight excluding hydrogens is 306 g/mol. The quantitative estimate of drug-likeness (QED) is 0.512. The van der Waals surface area contributed by atoms with Gasteiger partial charge in [0.2, 0.25) is 0 Å². The number of benzene rings is 1. The van der Waals surface area contributed by atoms with Crippen LogP contribution in [0.3, 0.4) is 0 Å². The summed E-state index contributed by atoms with van der Waals surface area (Å²) in [5, 5.41) is 19.5. The molecule has 0 saturated carbocycles. The minimum absolute atomic E-state index is 0.0469. The third kappa shape index (κ3) is 3.30. The molecule has 18 heavy (non-hydrogen) atoms. The molecule has 0 aliphatic carbocycles. The van der Waals surface area contributed by atoms with Gasteiger partial charge in [0.1, 0.15) is 6.61 Å². The molecule has 0 aliphatic rings. The van der Waals surface area contributed by atoms with Crippen molar-refractivity contribution in [1.29, 1.82) is 0 Å². The summed E-state index contributed by atoms with van der Waals surface area (Å²) in [5.74, 6) is -1.15. The van der Waals surface area contributed by atoms with Gasteiger partial charge in [-0.05, 0) is 18.6 Å². The van der Waals surface area contributed by atoms with E-state index in [1.54, 1.807) is 13.0 Å². The molecule has 0 saturated heterocycles. The van der Waals surface area contributed by atoms with E-state index in [0.29, 0.717) is 10.0 Å². The lowest BCUT2D eigenvalue weighted by atomic mass is 10.2. The Morgan fingerprint density at radius 2 is 2.22 bits per heavy atom. The highest BCUT2D eigenvalue weighted by Gasteiger charge is 2.19. The van der Waals surface area contributed by atoms with E-state index in [1.165, 1.54) is 6.07 Å². The van der Waals surface area contributed by atoms with Gasteiger partial charge in [0.15, 0.2) is 5.75 Å². The van der Waals surface area contributed by atoms with Crippen LogP contribution in [-0.2, 0) is 4.79 Å². The molecule has 0 unspecified atom stereocenters. The maximum atomic E-state index is 10.9. The number of carboxylic acid groups (broad SMARTS) is 1. The second-order valence-corrected chi connectivity index (χ2v) is 4.44. The van der Waals surface area contributed by atoms with Gasteiger partial charge in [-0.15, -0.1) is 0 Å². The van der Waals surface area contributed by atoms with E-state index in [0.717, 1.165) is 0 Å². The summed E-state index contributed by atoms with van der Waals surface area (Å²) in [6.07, 6.45) is 0. The first kappa shape index (κ1) is 14.2. The summed E-state index contributed by atoms with van der Waals surface area (Å²) in [6, 6.07) is 2.94. The van der Waals surface area contributed by atoms with E-state index < -0.39 is 10.9 Å². The fraction of sp³-hybridized carbons (Fsp3) is 0.182. The molecule has 0 aromatic heterocycles. The molecule has 0 fully saturated rings. The summed E-state index contributed by atoms with van der Waals surface area (Å²) < 4.78 is 5.72. The molecule has 6 nitrogen and oxygen atoms in total. The lowest BCUT2D eigenvalue weighted by Crippen LogP contribution is -2.10. The topological polar surface area (TPSA) is 89.7 Å². The van der Waals surface area contributed by atoms with Crippen LogP contribution in [0.1, 0.15) is 5.56 Å². The largest absolute Gasteiger partial charge is 0.481 e. The summed E-state index contributed by atoms with van der Waals surface area (Å²) >= 11 is 3.15. The van der Waals surface area contributed by atoms with Gasteiger partial charge in [0, 0.05) is 10.5 Å². The Labute approximate surface area is 111 Å². The number of ether oxygens (including phenoxy) is 1. The van der Waals surface area contributed by atoms with E-state index in [9.17, 15) is 14.9 Å². The summed E-state index contributed by atoms with van der Waals surface area (Å²) in [7, 11) is 0. The maximum absolute atomic E-state index is 10.9. The molecule has 0 radical (unpaired) electrons. The number of carboxylic acids is 1. The zero-order chi connectivity index (χ0) is 13.9. The van der Waals surface area contributed by atoms with Crippen LogP contribution in [-0.4, -0.2) is 22.6 Å². The molecule has 0 heterocycles. The van der Waals surface area contributed by atoms with Gasteiger partial charge < -0.3 is 9.84 Å². The smallest absolute Gasteiger partial charge is 0.334 e. The third-order valence-electron chi connectivity index (χ3n) is 2.11. The zero-order valence-corrected chi connectivity index (χ0v) is 11.1. The minimum Gasteiger partial charge on any atom is -0.481 e. The number of carbonyl (C=O) groups is 1. The van der Waals surface area contributed by atoms with Gasteiger partial charge in [-0.3, -0.25) is 10.1 Å². The van der Waals surface area contributed by atoms with Gasteiger partial charge >= 0.3 is 11.7 Å². The van der Waals surface area contributed by atoms with Gasteiger partial charge in [0.25, 0.3) is 0 Å². The van der Waals surface area contributed by atoms with Crippen molar-refractivity contribution in [2.24, 2.45) is 0 Å². The van der Waals surface area contributed by atoms with Crippen LogP contribution in [0.15, 0.2) is 28.8 Å². The first-order valence-electron chi connectivity index (χ1n) is 4.81. The van der Waals surface area contributed by atoms with Crippen molar-refractivity contribution in [3.63, 3.8) is 0 Å². The predicted molar refractivity (Wildman–Crippen MR) is 67.8 cm³/mol. The number of nitro groups is 1. The Kier molecular flexibility index (Phi) is 4.43. The monoisotopic (exact) mass is 315 g/mol. The highest BCUT2D eigenvalue weighted by atomic mass is 79.9. The van der Waals surface area contributed by atoms with E-state index in [-0.39, 0.29) is 23.6 Å². The molecule has 0 aliphatic heterocycles. The lowest BCUT2D eigenvalue weighted by molar-refractivity contribution is -0.385. The Morgan fingerprint density at radius 1 is 1.61 bits per heavy atom. The Bertz CT molecular complexity index is 526. The molecule has 96 valence electrons. The number of hydrogen-bond acceptors (Lipinski definition) is 4. The van der Waals surface area contributed by atoms with Gasteiger partial charge in [-0.1, -0.05) is 22.5 Å². The highest BCUT2D eigenvalue weighted by molar-refractivity contribution is 9.10. The van der Waals surface area contributed by atoms with E-state index in [2.05, 4.69) is 22.5 Å². The van der Waals surface area contributed by atoms with Gasteiger partial charge in [0.05, 0.1) is 10.5 Å². The lowest BCUT2D eigenvalue weighted by Gasteiger charge is -2.09. The fourth-order valence-corrected chi connectivity index (χ4v) is 1.82. The van der Waals surface area contributed by atoms with Crippen LogP contribution in [0.5, 0.6) is 5.75 Å². The third-order valence-corrected chi connectivity index (χ3v) is 2.57. The molecule has 1 rings (SSSR count). The van der Waals surface area contributed by atoms with E-state index >= 15 is 0 Å². The number of rotatable bonds is 5. The van der Waals surface area contributed by atoms with Crippen molar-refractivity contribution in [3.8, 4) is 5.75 Å². The van der Waals surface area contributed by atoms with Crippen LogP contribution < -0.4 is 4.74 Å². The maximum Gasteiger partial charge on any atom is 0.334 e. The SMILES string of the molecule is C=C(COc1c(C)cc(Br)cc1[N+](=O)[O-])C(=O)O.